The molecule has 1 fully saturated rings. The van der Waals surface area contributed by atoms with Gasteiger partial charge in [-0.1, -0.05) is 54.6 Å². The summed E-state index contributed by atoms with van der Waals surface area (Å²) in [6.07, 6.45) is 3.35. The van der Waals surface area contributed by atoms with E-state index < -0.39 is 0 Å². The van der Waals surface area contributed by atoms with Gasteiger partial charge in [0, 0.05) is 23.7 Å². The molecule has 0 radical (unpaired) electrons. The lowest BCUT2D eigenvalue weighted by molar-refractivity contribution is 0.253. The molecular formula is C24H25N3O. The summed E-state index contributed by atoms with van der Waals surface area (Å²) >= 11 is 0. The third-order valence-electron chi connectivity index (χ3n) is 6.11. The molecule has 2 N–H and O–H groups in total. The Bertz CT molecular complexity index is 994. The lowest BCUT2D eigenvalue weighted by Gasteiger charge is -2.38. The van der Waals surface area contributed by atoms with E-state index in [1.807, 2.05) is 6.07 Å². The second-order valence-corrected chi connectivity index (χ2v) is 7.93. The van der Waals surface area contributed by atoms with E-state index in [0.717, 1.165) is 47.5 Å². The van der Waals surface area contributed by atoms with E-state index >= 15 is 0 Å². The van der Waals surface area contributed by atoms with Crippen molar-refractivity contribution in [1.82, 2.24) is 4.98 Å². The van der Waals surface area contributed by atoms with Gasteiger partial charge < -0.3 is 15.4 Å². The number of ether oxygens (including phenoxy) is 1. The highest BCUT2D eigenvalue weighted by Gasteiger charge is 2.34. The Balaban J connectivity index is 1.63. The quantitative estimate of drug-likeness (QED) is 0.732. The number of nitrogens with zero attached hydrogens (tertiary/aromatic N) is 2. The molecule has 0 unspecified atom stereocenters. The predicted molar refractivity (Wildman–Crippen MR) is 114 cm³/mol. The van der Waals surface area contributed by atoms with Crippen LogP contribution in [0.1, 0.15) is 24.8 Å². The van der Waals surface area contributed by atoms with Crippen LogP contribution in [0.15, 0.2) is 60.7 Å². The Morgan fingerprint density at radius 1 is 1.00 bits per heavy atom. The summed E-state index contributed by atoms with van der Waals surface area (Å²) in [7, 11) is 2.09. The molecule has 28 heavy (non-hydrogen) atoms. The Labute approximate surface area is 166 Å². The molecule has 1 aromatic heterocycles. The molecule has 142 valence electrons. The number of hydrogen-bond donors (Lipinski definition) is 1. The van der Waals surface area contributed by atoms with Crippen LogP contribution in [0.25, 0.3) is 22.4 Å². The summed E-state index contributed by atoms with van der Waals surface area (Å²) in [6.45, 7) is 1.53. The minimum absolute atomic E-state index is 0.143. The van der Waals surface area contributed by atoms with Crippen LogP contribution >= 0.6 is 0 Å². The number of benzene rings is 2. The molecule has 3 aromatic rings. The van der Waals surface area contributed by atoms with Gasteiger partial charge in [0.2, 0.25) is 5.88 Å². The monoisotopic (exact) mass is 371 g/mol. The molecule has 0 saturated heterocycles. The molecule has 0 bridgehead atoms. The highest BCUT2D eigenvalue weighted by atomic mass is 16.5. The molecule has 0 spiro atoms. The average molecular weight is 371 g/mol. The van der Waals surface area contributed by atoms with Crippen molar-refractivity contribution in [2.75, 3.05) is 25.1 Å². The summed E-state index contributed by atoms with van der Waals surface area (Å²) in [4.78, 5) is 7.15. The number of hydrogen-bond acceptors (Lipinski definition) is 4. The van der Waals surface area contributed by atoms with E-state index in [-0.39, 0.29) is 5.54 Å². The minimum Gasteiger partial charge on any atom is -0.474 e. The van der Waals surface area contributed by atoms with Gasteiger partial charge in [-0.15, -0.1) is 0 Å². The van der Waals surface area contributed by atoms with Crippen molar-refractivity contribution in [3.8, 4) is 28.3 Å². The number of pyridine rings is 1. The number of likely N-dealkylation sites (N-methyl/N-ethyl adjacent to an activating group) is 1. The number of fused-ring (bicyclic) bond motifs is 1. The van der Waals surface area contributed by atoms with Crippen molar-refractivity contribution in [2.24, 2.45) is 5.73 Å². The Kier molecular flexibility index (Phi) is 4.09. The topological polar surface area (TPSA) is 51.4 Å². The van der Waals surface area contributed by atoms with Crippen LogP contribution in [0, 0.1) is 0 Å². The summed E-state index contributed by atoms with van der Waals surface area (Å²) in [5, 5.41) is 0. The Morgan fingerprint density at radius 2 is 1.75 bits per heavy atom. The van der Waals surface area contributed by atoms with Crippen LogP contribution in [-0.4, -0.2) is 25.2 Å². The number of anilines is 1. The fourth-order valence-corrected chi connectivity index (χ4v) is 4.13. The minimum atomic E-state index is -0.143. The van der Waals surface area contributed by atoms with Crippen molar-refractivity contribution in [3.63, 3.8) is 0 Å². The van der Waals surface area contributed by atoms with Crippen LogP contribution in [0.4, 0.5) is 5.69 Å². The van der Waals surface area contributed by atoms with Crippen LogP contribution in [0.2, 0.25) is 0 Å². The van der Waals surface area contributed by atoms with E-state index in [1.165, 1.54) is 12.0 Å². The zero-order chi connectivity index (χ0) is 19.1. The maximum atomic E-state index is 6.50. The van der Waals surface area contributed by atoms with E-state index in [2.05, 4.69) is 66.5 Å². The molecule has 4 heteroatoms. The van der Waals surface area contributed by atoms with Gasteiger partial charge in [0.05, 0.1) is 12.2 Å². The van der Waals surface area contributed by atoms with Gasteiger partial charge in [0.1, 0.15) is 12.3 Å². The van der Waals surface area contributed by atoms with E-state index in [1.54, 1.807) is 0 Å². The zero-order valence-electron chi connectivity index (χ0n) is 16.2. The SMILES string of the molecule is CN1CCOc2nc(-c3ccc(C4(N)CCC4)cc3)c(-c3ccccc3)cc21. The summed E-state index contributed by atoms with van der Waals surface area (Å²) in [5.74, 6) is 0.710. The van der Waals surface area contributed by atoms with Crippen molar-refractivity contribution < 1.29 is 4.74 Å². The molecule has 1 aliphatic carbocycles. The third-order valence-corrected chi connectivity index (χ3v) is 6.11. The largest absolute Gasteiger partial charge is 0.474 e. The summed E-state index contributed by atoms with van der Waals surface area (Å²) < 4.78 is 5.88. The first-order chi connectivity index (χ1) is 13.6. The molecular weight excluding hydrogens is 346 g/mol. The van der Waals surface area contributed by atoms with Crippen LogP contribution in [0.5, 0.6) is 5.88 Å². The molecule has 0 amide bonds. The molecule has 1 saturated carbocycles. The van der Waals surface area contributed by atoms with Gasteiger partial charge in [0.25, 0.3) is 0 Å². The standard InChI is InChI=1S/C24H25N3O/c1-27-14-15-28-23-21(27)16-20(17-6-3-2-4-7-17)22(26-23)18-8-10-19(11-9-18)24(25)12-5-13-24/h2-4,6-11,16H,5,12-15,25H2,1H3. The van der Waals surface area contributed by atoms with E-state index in [4.69, 9.17) is 15.5 Å². The van der Waals surface area contributed by atoms with E-state index in [0.29, 0.717) is 12.5 Å². The van der Waals surface area contributed by atoms with Gasteiger partial charge in [0.15, 0.2) is 0 Å². The third kappa shape index (κ3) is 2.85. The first kappa shape index (κ1) is 17.3. The second kappa shape index (κ2) is 6.64. The highest BCUT2D eigenvalue weighted by molar-refractivity contribution is 5.85. The maximum Gasteiger partial charge on any atom is 0.238 e. The van der Waals surface area contributed by atoms with Crippen molar-refractivity contribution in [2.45, 2.75) is 24.8 Å². The van der Waals surface area contributed by atoms with Crippen molar-refractivity contribution in [3.05, 3.63) is 66.2 Å². The second-order valence-electron chi connectivity index (χ2n) is 7.93. The Hall–Kier alpha value is -2.85. The van der Waals surface area contributed by atoms with Gasteiger partial charge in [-0.05, 0) is 36.5 Å². The smallest absolute Gasteiger partial charge is 0.238 e. The molecule has 2 aromatic carbocycles. The van der Waals surface area contributed by atoms with Crippen LogP contribution < -0.4 is 15.4 Å². The molecule has 1 aliphatic heterocycles. The molecule has 2 heterocycles. The van der Waals surface area contributed by atoms with Gasteiger partial charge in [-0.2, -0.15) is 0 Å². The number of nitrogens with two attached hydrogens (primary N) is 1. The molecule has 2 aliphatic rings. The van der Waals surface area contributed by atoms with Gasteiger partial charge in [-0.25, -0.2) is 4.98 Å². The lowest BCUT2D eigenvalue weighted by atomic mass is 9.72. The fraction of sp³-hybridized carbons (Fsp3) is 0.292. The van der Waals surface area contributed by atoms with Crippen LogP contribution in [-0.2, 0) is 5.54 Å². The van der Waals surface area contributed by atoms with Gasteiger partial charge >= 0.3 is 0 Å². The maximum absolute atomic E-state index is 6.50. The fourth-order valence-electron chi connectivity index (χ4n) is 4.13. The highest BCUT2D eigenvalue weighted by Crippen LogP contribution is 2.42. The molecule has 5 rings (SSSR count). The average Bonchev–Trinajstić information content (AvgIpc) is 2.72. The predicted octanol–water partition coefficient (Wildman–Crippen LogP) is 4.58. The lowest BCUT2D eigenvalue weighted by Crippen LogP contribution is -2.43. The van der Waals surface area contributed by atoms with Crippen LogP contribution in [0.3, 0.4) is 0 Å². The molecule has 0 atom stereocenters. The summed E-state index contributed by atoms with van der Waals surface area (Å²) in [6, 6.07) is 21.3. The number of rotatable bonds is 3. The normalized spacial score (nSPS) is 17.4. The Morgan fingerprint density at radius 3 is 2.43 bits per heavy atom. The van der Waals surface area contributed by atoms with Gasteiger partial charge in [-0.3, -0.25) is 0 Å². The summed E-state index contributed by atoms with van der Waals surface area (Å²) in [5.41, 5.74) is 12.9. The van der Waals surface area contributed by atoms with Crippen molar-refractivity contribution >= 4 is 5.69 Å². The molecule has 4 nitrogen and oxygen atoms in total. The number of aromatic nitrogens is 1. The zero-order valence-corrected chi connectivity index (χ0v) is 16.2. The van der Waals surface area contributed by atoms with Crippen molar-refractivity contribution in [1.29, 1.82) is 0 Å². The first-order valence-electron chi connectivity index (χ1n) is 9.98. The van der Waals surface area contributed by atoms with E-state index in [9.17, 15) is 0 Å². The first-order valence-corrected chi connectivity index (χ1v) is 9.98.